The van der Waals surface area contributed by atoms with E-state index in [4.69, 9.17) is 4.74 Å². The summed E-state index contributed by atoms with van der Waals surface area (Å²) in [6.07, 6.45) is -0.0755. The van der Waals surface area contributed by atoms with Crippen molar-refractivity contribution in [1.82, 2.24) is 14.9 Å². The number of aromatic amines is 1. The highest BCUT2D eigenvalue weighted by Crippen LogP contribution is 2.16. The van der Waals surface area contributed by atoms with Gasteiger partial charge in [-0.1, -0.05) is 11.8 Å². The topological polar surface area (TPSA) is 102 Å². The van der Waals surface area contributed by atoms with Crippen LogP contribution in [0.15, 0.2) is 16.0 Å². The number of rotatable bonds is 5. The van der Waals surface area contributed by atoms with Crippen LogP contribution in [0.3, 0.4) is 0 Å². The van der Waals surface area contributed by atoms with Crippen molar-refractivity contribution >= 4 is 23.6 Å². The lowest BCUT2D eigenvalue weighted by molar-refractivity contribution is -0.140. The minimum atomic E-state index is -0.476. The Labute approximate surface area is 143 Å². The number of H-pyrrole nitrogens is 1. The third-order valence-electron chi connectivity index (χ3n) is 3.43. The van der Waals surface area contributed by atoms with E-state index in [0.717, 1.165) is 11.8 Å². The standard InChI is InChI=1S/C15H21N3O5S/c1-9-6-18(7-10(2)23-9)13(20)8-24-15-16-11(4-12(19)17-15)5-14(21)22-3/h4,9-10H,5-8H2,1-3H3,(H,16,17,19)/t9-,10-/m0/s1. The van der Waals surface area contributed by atoms with Gasteiger partial charge in [0, 0.05) is 19.2 Å². The monoisotopic (exact) mass is 355 g/mol. The molecule has 1 aliphatic rings. The summed E-state index contributed by atoms with van der Waals surface area (Å²) < 4.78 is 10.2. The Kier molecular flexibility index (Phi) is 6.38. The van der Waals surface area contributed by atoms with E-state index < -0.39 is 5.97 Å². The van der Waals surface area contributed by atoms with Gasteiger partial charge in [0.1, 0.15) is 0 Å². The van der Waals surface area contributed by atoms with Crippen LogP contribution in [0.1, 0.15) is 19.5 Å². The average molecular weight is 355 g/mol. The smallest absolute Gasteiger partial charge is 0.311 e. The maximum Gasteiger partial charge on any atom is 0.311 e. The molecule has 24 heavy (non-hydrogen) atoms. The summed E-state index contributed by atoms with van der Waals surface area (Å²) in [6.45, 7) is 4.96. The Bertz CT molecular complexity index is 653. The first-order chi connectivity index (χ1) is 11.4. The normalized spacial score (nSPS) is 20.7. The summed E-state index contributed by atoms with van der Waals surface area (Å²) in [4.78, 5) is 43.7. The lowest BCUT2D eigenvalue weighted by atomic mass is 10.2. The minimum absolute atomic E-state index is 0.00372. The molecule has 1 aromatic rings. The van der Waals surface area contributed by atoms with Crippen molar-refractivity contribution in [3.8, 4) is 0 Å². The van der Waals surface area contributed by atoms with E-state index in [-0.39, 0.29) is 35.8 Å². The first-order valence-corrected chi connectivity index (χ1v) is 8.59. The van der Waals surface area contributed by atoms with E-state index >= 15 is 0 Å². The van der Waals surface area contributed by atoms with Crippen molar-refractivity contribution in [2.75, 3.05) is 26.0 Å². The molecule has 0 radical (unpaired) electrons. The number of aromatic nitrogens is 2. The van der Waals surface area contributed by atoms with Gasteiger partial charge in [0.25, 0.3) is 5.56 Å². The van der Waals surface area contributed by atoms with Gasteiger partial charge in [-0.2, -0.15) is 0 Å². The quantitative estimate of drug-likeness (QED) is 0.458. The number of thioether (sulfide) groups is 1. The van der Waals surface area contributed by atoms with Gasteiger partial charge >= 0.3 is 5.97 Å². The van der Waals surface area contributed by atoms with E-state index in [1.165, 1.54) is 13.2 Å². The molecule has 0 aliphatic carbocycles. The van der Waals surface area contributed by atoms with Crippen molar-refractivity contribution in [3.63, 3.8) is 0 Å². The number of morpholine rings is 1. The van der Waals surface area contributed by atoms with Crippen molar-refractivity contribution in [1.29, 1.82) is 0 Å². The number of nitrogens with zero attached hydrogens (tertiary/aromatic N) is 2. The predicted molar refractivity (Wildman–Crippen MR) is 87.9 cm³/mol. The zero-order valence-electron chi connectivity index (χ0n) is 13.9. The number of hydrogen-bond acceptors (Lipinski definition) is 7. The van der Waals surface area contributed by atoms with E-state index in [1.54, 1.807) is 4.90 Å². The summed E-state index contributed by atoms with van der Waals surface area (Å²) >= 11 is 1.14. The van der Waals surface area contributed by atoms with Crippen molar-refractivity contribution < 1.29 is 19.1 Å². The number of nitrogens with one attached hydrogen (secondary N) is 1. The molecule has 0 saturated carbocycles. The third-order valence-corrected chi connectivity index (χ3v) is 4.29. The highest BCUT2D eigenvalue weighted by molar-refractivity contribution is 7.99. The molecule has 0 spiro atoms. The molecule has 1 amide bonds. The highest BCUT2D eigenvalue weighted by atomic mass is 32.2. The molecule has 0 bridgehead atoms. The summed E-state index contributed by atoms with van der Waals surface area (Å²) in [7, 11) is 1.27. The molecule has 0 aromatic carbocycles. The van der Waals surface area contributed by atoms with Gasteiger partial charge in [0.05, 0.1) is 37.2 Å². The Hall–Kier alpha value is -1.87. The SMILES string of the molecule is COC(=O)Cc1cc(=O)[nH]c(SCC(=O)N2C[C@H](C)O[C@@H](C)C2)n1. The maximum absolute atomic E-state index is 12.3. The van der Waals surface area contributed by atoms with Crippen LogP contribution in [-0.4, -0.2) is 64.9 Å². The van der Waals surface area contributed by atoms with E-state index in [1.807, 2.05) is 13.8 Å². The fourth-order valence-corrected chi connectivity index (χ4v) is 3.26. The molecule has 2 atom stereocenters. The first kappa shape index (κ1) is 18.5. The second-order valence-electron chi connectivity index (χ2n) is 5.64. The number of hydrogen-bond donors (Lipinski definition) is 1. The zero-order chi connectivity index (χ0) is 17.7. The number of ether oxygens (including phenoxy) is 2. The second-order valence-corrected chi connectivity index (χ2v) is 6.60. The van der Waals surface area contributed by atoms with Gasteiger partial charge in [-0.15, -0.1) is 0 Å². The van der Waals surface area contributed by atoms with Crippen LogP contribution < -0.4 is 5.56 Å². The van der Waals surface area contributed by atoms with Crippen LogP contribution in [0.5, 0.6) is 0 Å². The van der Waals surface area contributed by atoms with Crippen LogP contribution >= 0.6 is 11.8 Å². The molecule has 9 heteroatoms. The van der Waals surface area contributed by atoms with Gasteiger partial charge in [-0.25, -0.2) is 4.98 Å². The molecule has 1 N–H and O–H groups in total. The summed E-state index contributed by atoms with van der Waals surface area (Å²) in [6, 6.07) is 1.24. The lowest BCUT2D eigenvalue weighted by Gasteiger charge is -2.35. The van der Waals surface area contributed by atoms with Crippen molar-refractivity contribution in [2.45, 2.75) is 37.6 Å². The number of carbonyl (C=O) groups excluding carboxylic acids is 2. The molecule has 1 aliphatic heterocycles. The largest absolute Gasteiger partial charge is 0.469 e. The predicted octanol–water partition coefficient (Wildman–Crippen LogP) is 0.213. The van der Waals surface area contributed by atoms with Gasteiger partial charge in [-0.05, 0) is 13.8 Å². The van der Waals surface area contributed by atoms with Crippen molar-refractivity contribution in [3.05, 3.63) is 22.1 Å². The maximum atomic E-state index is 12.3. The van der Waals surface area contributed by atoms with Gasteiger partial charge in [0.15, 0.2) is 5.16 Å². The van der Waals surface area contributed by atoms with Crippen LogP contribution in [-0.2, 0) is 25.5 Å². The van der Waals surface area contributed by atoms with E-state index in [0.29, 0.717) is 23.9 Å². The lowest BCUT2D eigenvalue weighted by Crippen LogP contribution is -2.48. The van der Waals surface area contributed by atoms with Crippen LogP contribution in [0, 0.1) is 0 Å². The zero-order valence-corrected chi connectivity index (χ0v) is 14.7. The van der Waals surface area contributed by atoms with E-state index in [2.05, 4.69) is 14.7 Å². The van der Waals surface area contributed by atoms with Gasteiger partial charge in [0.2, 0.25) is 5.91 Å². The Balaban J connectivity index is 1.97. The summed E-state index contributed by atoms with van der Waals surface area (Å²) in [5.41, 5.74) is -0.0540. The molecular weight excluding hydrogens is 334 g/mol. The molecule has 1 saturated heterocycles. The van der Waals surface area contributed by atoms with Crippen LogP contribution in [0.4, 0.5) is 0 Å². The van der Waals surface area contributed by atoms with Gasteiger partial charge in [-0.3, -0.25) is 14.4 Å². The molecule has 2 heterocycles. The second kappa shape index (κ2) is 8.29. The van der Waals surface area contributed by atoms with E-state index in [9.17, 15) is 14.4 Å². The van der Waals surface area contributed by atoms with Gasteiger partial charge < -0.3 is 19.4 Å². The average Bonchev–Trinajstić information content (AvgIpc) is 2.51. The highest BCUT2D eigenvalue weighted by Gasteiger charge is 2.25. The Morgan fingerprint density at radius 3 is 2.71 bits per heavy atom. The van der Waals surface area contributed by atoms with Crippen molar-refractivity contribution in [2.24, 2.45) is 0 Å². The molecule has 0 unspecified atom stereocenters. The number of methoxy groups -OCH3 is 1. The molecule has 1 aromatic heterocycles. The molecule has 2 rings (SSSR count). The molecule has 1 fully saturated rings. The molecule has 8 nitrogen and oxygen atoms in total. The number of esters is 1. The first-order valence-electron chi connectivity index (χ1n) is 7.60. The molecule has 132 valence electrons. The minimum Gasteiger partial charge on any atom is -0.469 e. The Morgan fingerprint density at radius 1 is 1.42 bits per heavy atom. The molecular formula is C15H21N3O5S. The fraction of sp³-hybridized carbons (Fsp3) is 0.600. The summed E-state index contributed by atoms with van der Waals surface area (Å²) in [5, 5.41) is 0.309. The Morgan fingerprint density at radius 2 is 2.08 bits per heavy atom. The number of amides is 1. The van der Waals surface area contributed by atoms with Crippen LogP contribution in [0.25, 0.3) is 0 Å². The summed E-state index contributed by atoms with van der Waals surface area (Å²) in [5.74, 6) is -0.358. The van der Waals surface area contributed by atoms with Crippen LogP contribution in [0.2, 0.25) is 0 Å². The number of carbonyl (C=O) groups is 2. The third kappa shape index (κ3) is 5.34. The fourth-order valence-electron chi connectivity index (χ4n) is 2.47.